The van der Waals surface area contributed by atoms with Crippen LogP contribution in [-0.4, -0.2) is 12.0 Å². The van der Waals surface area contributed by atoms with E-state index >= 15 is 0 Å². The molecule has 4 heteroatoms. The third kappa shape index (κ3) is 4.13. The zero-order valence-corrected chi connectivity index (χ0v) is 13.8. The average molecular weight is 327 g/mol. The molecule has 0 radical (unpaired) electrons. The van der Waals surface area contributed by atoms with Crippen LogP contribution in [0.2, 0.25) is 0 Å². The summed E-state index contributed by atoms with van der Waals surface area (Å²) in [6, 6.07) is 12.2. The lowest BCUT2D eigenvalue weighted by Crippen LogP contribution is -2.35. The number of hydrogen-bond donors (Lipinski definition) is 1. The molecule has 0 spiro atoms. The van der Waals surface area contributed by atoms with E-state index in [2.05, 4.69) is 17.4 Å². The summed E-state index contributed by atoms with van der Waals surface area (Å²) in [6.45, 7) is 2.09. The second-order valence-corrected chi connectivity index (χ2v) is 6.24. The highest BCUT2D eigenvalue weighted by atomic mass is 19.1. The van der Waals surface area contributed by atoms with Crippen LogP contribution in [-0.2, 0) is 24.2 Å². The smallest absolute Gasteiger partial charge is 0.261 e. The minimum absolute atomic E-state index is 0.183. The van der Waals surface area contributed by atoms with Gasteiger partial charge in [0.2, 0.25) is 0 Å². The van der Waals surface area contributed by atoms with Gasteiger partial charge in [0.25, 0.3) is 5.91 Å². The molecule has 1 N–H and O–H groups in total. The highest BCUT2D eigenvalue weighted by Gasteiger charge is 2.16. The first-order valence-corrected chi connectivity index (χ1v) is 8.42. The highest BCUT2D eigenvalue weighted by Crippen LogP contribution is 2.25. The number of rotatable bonds is 5. The largest absolute Gasteiger partial charge is 0.481 e. The highest BCUT2D eigenvalue weighted by molar-refractivity contribution is 5.80. The molecular formula is C20H22FNO2. The fourth-order valence-electron chi connectivity index (χ4n) is 2.98. The molecule has 0 bridgehead atoms. The molecule has 24 heavy (non-hydrogen) atoms. The number of ether oxygens (including phenoxy) is 1. The van der Waals surface area contributed by atoms with Crippen molar-refractivity contribution < 1.29 is 13.9 Å². The van der Waals surface area contributed by atoms with Crippen molar-refractivity contribution in [1.29, 1.82) is 0 Å². The topological polar surface area (TPSA) is 38.3 Å². The maximum absolute atomic E-state index is 12.9. The molecule has 0 unspecified atom stereocenters. The van der Waals surface area contributed by atoms with E-state index in [0.29, 0.717) is 6.54 Å². The molecule has 1 amide bonds. The molecule has 0 saturated heterocycles. The standard InChI is InChI=1S/C20H22FNO2/c1-14(20(23)22-13-15-6-9-18(21)10-7-15)24-19-11-8-16-4-2-3-5-17(16)12-19/h6-12,14H,2-5,13H2,1H3,(H,22,23)/t14-/m1/s1. The first-order valence-electron chi connectivity index (χ1n) is 8.42. The maximum atomic E-state index is 12.9. The number of carbonyl (C=O) groups excluding carboxylic acids is 1. The molecule has 2 aromatic rings. The Balaban J connectivity index is 1.55. The average Bonchev–Trinajstić information content (AvgIpc) is 2.61. The van der Waals surface area contributed by atoms with E-state index in [1.54, 1.807) is 19.1 Å². The second-order valence-electron chi connectivity index (χ2n) is 6.24. The fourth-order valence-corrected chi connectivity index (χ4v) is 2.98. The van der Waals surface area contributed by atoms with E-state index in [1.165, 1.54) is 36.1 Å². The molecule has 1 aliphatic rings. The number of nitrogens with one attached hydrogen (secondary N) is 1. The van der Waals surface area contributed by atoms with Crippen molar-refractivity contribution in [2.45, 2.75) is 45.3 Å². The lowest BCUT2D eigenvalue weighted by Gasteiger charge is -2.19. The predicted octanol–water partition coefficient (Wildman–Crippen LogP) is 3.79. The number of fused-ring (bicyclic) bond motifs is 1. The first kappa shape index (κ1) is 16.5. The lowest BCUT2D eigenvalue weighted by atomic mass is 9.92. The van der Waals surface area contributed by atoms with E-state index in [4.69, 9.17) is 4.74 Å². The Morgan fingerprint density at radius 1 is 1.12 bits per heavy atom. The van der Waals surface area contributed by atoms with Gasteiger partial charge in [-0.2, -0.15) is 0 Å². The van der Waals surface area contributed by atoms with Crippen molar-refractivity contribution in [3.05, 3.63) is 65.0 Å². The van der Waals surface area contributed by atoms with Gasteiger partial charge < -0.3 is 10.1 Å². The van der Waals surface area contributed by atoms with Gasteiger partial charge in [-0.15, -0.1) is 0 Å². The van der Waals surface area contributed by atoms with Crippen LogP contribution >= 0.6 is 0 Å². The van der Waals surface area contributed by atoms with Crippen molar-refractivity contribution >= 4 is 5.91 Å². The minimum atomic E-state index is -0.577. The molecule has 1 atom stereocenters. The molecule has 126 valence electrons. The van der Waals surface area contributed by atoms with Gasteiger partial charge in [-0.05, 0) is 73.6 Å². The summed E-state index contributed by atoms with van der Waals surface area (Å²) in [7, 11) is 0. The van der Waals surface area contributed by atoms with E-state index in [1.807, 2.05) is 6.07 Å². The van der Waals surface area contributed by atoms with Crippen LogP contribution in [0.4, 0.5) is 4.39 Å². The summed E-state index contributed by atoms with van der Waals surface area (Å²) in [5.41, 5.74) is 3.57. The summed E-state index contributed by atoms with van der Waals surface area (Å²) >= 11 is 0. The number of hydrogen-bond acceptors (Lipinski definition) is 2. The van der Waals surface area contributed by atoms with Gasteiger partial charge in [0, 0.05) is 6.54 Å². The van der Waals surface area contributed by atoms with Gasteiger partial charge in [-0.3, -0.25) is 4.79 Å². The van der Waals surface area contributed by atoms with Gasteiger partial charge in [-0.1, -0.05) is 18.2 Å². The number of benzene rings is 2. The minimum Gasteiger partial charge on any atom is -0.481 e. The summed E-state index contributed by atoms with van der Waals surface area (Å²) < 4.78 is 18.6. The van der Waals surface area contributed by atoms with Gasteiger partial charge in [0.05, 0.1) is 0 Å². The molecule has 1 aliphatic carbocycles. The maximum Gasteiger partial charge on any atom is 0.261 e. The molecule has 0 saturated carbocycles. The third-order valence-corrected chi connectivity index (χ3v) is 4.38. The van der Waals surface area contributed by atoms with Crippen molar-refractivity contribution in [1.82, 2.24) is 5.32 Å². The van der Waals surface area contributed by atoms with Crippen molar-refractivity contribution in [2.24, 2.45) is 0 Å². The van der Waals surface area contributed by atoms with Crippen molar-refractivity contribution in [2.75, 3.05) is 0 Å². The summed E-state index contributed by atoms with van der Waals surface area (Å²) in [5, 5.41) is 2.81. The Hall–Kier alpha value is -2.36. The molecule has 2 aromatic carbocycles. The van der Waals surface area contributed by atoms with E-state index < -0.39 is 6.10 Å². The van der Waals surface area contributed by atoms with Crippen LogP contribution < -0.4 is 10.1 Å². The summed E-state index contributed by atoms with van der Waals surface area (Å²) in [5.74, 6) is 0.270. The molecule has 0 aromatic heterocycles. The zero-order valence-electron chi connectivity index (χ0n) is 13.8. The third-order valence-electron chi connectivity index (χ3n) is 4.38. The SMILES string of the molecule is C[C@@H](Oc1ccc2c(c1)CCCC2)C(=O)NCc1ccc(F)cc1. The number of carbonyl (C=O) groups is 1. The molecule has 0 heterocycles. The quantitative estimate of drug-likeness (QED) is 0.907. The lowest BCUT2D eigenvalue weighted by molar-refractivity contribution is -0.127. The van der Waals surface area contributed by atoms with E-state index in [-0.39, 0.29) is 11.7 Å². The number of aryl methyl sites for hydroxylation is 2. The van der Waals surface area contributed by atoms with Crippen LogP contribution in [0.5, 0.6) is 5.75 Å². The van der Waals surface area contributed by atoms with Crippen molar-refractivity contribution in [3.63, 3.8) is 0 Å². The molecule has 0 aliphatic heterocycles. The Morgan fingerprint density at radius 3 is 2.58 bits per heavy atom. The number of amides is 1. The fraction of sp³-hybridized carbons (Fsp3) is 0.350. The molecule has 3 rings (SSSR count). The number of halogens is 1. The molecule has 0 fully saturated rings. The van der Waals surface area contributed by atoms with Crippen molar-refractivity contribution in [3.8, 4) is 5.75 Å². The van der Waals surface area contributed by atoms with Crippen LogP contribution in [0.15, 0.2) is 42.5 Å². The van der Waals surface area contributed by atoms with Crippen LogP contribution in [0.25, 0.3) is 0 Å². The van der Waals surface area contributed by atoms with E-state index in [9.17, 15) is 9.18 Å². The first-order chi connectivity index (χ1) is 11.6. The summed E-state index contributed by atoms with van der Waals surface area (Å²) in [4.78, 5) is 12.2. The Bertz CT molecular complexity index is 712. The van der Waals surface area contributed by atoms with Crippen LogP contribution in [0.3, 0.4) is 0 Å². The second kappa shape index (κ2) is 7.47. The monoisotopic (exact) mass is 327 g/mol. The summed E-state index contributed by atoms with van der Waals surface area (Å²) in [6.07, 6.45) is 4.09. The molecule has 3 nitrogen and oxygen atoms in total. The van der Waals surface area contributed by atoms with Gasteiger partial charge >= 0.3 is 0 Å². The zero-order chi connectivity index (χ0) is 16.9. The predicted molar refractivity (Wildman–Crippen MR) is 91.4 cm³/mol. The van der Waals surface area contributed by atoms with E-state index in [0.717, 1.165) is 24.2 Å². The van der Waals surface area contributed by atoms with Gasteiger partial charge in [0.1, 0.15) is 11.6 Å². The van der Waals surface area contributed by atoms with Crippen LogP contribution in [0, 0.1) is 5.82 Å². The Kier molecular flexibility index (Phi) is 5.14. The normalized spacial score (nSPS) is 14.6. The Labute approximate surface area is 141 Å². The van der Waals surface area contributed by atoms with Crippen LogP contribution in [0.1, 0.15) is 36.5 Å². The van der Waals surface area contributed by atoms with Gasteiger partial charge in [0.15, 0.2) is 6.10 Å². The molecular weight excluding hydrogens is 305 g/mol. The van der Waals surface area contributed by atoms with Gasteiger partial charge in [-0.25, -0.2) is 4.39 Å². The Morgan fingerprint density at radius 2 is 1.83 bits per heavy atom.